The van der Waals surface area contributed by atoms with E-state index in [1.165, 1.54) is 11.3 Å². The Balaban J connectivity index is 2.37. The molecule has 18 heavy (non-hydrogen) atoms. The summed E-state index contributed by atoms with van der Waals surface area (Å²) in [4.78, 5) is 16.0. The molecule has 0 aromatic carbocycles. The van der Waals surface area contributed by atoms with E-state index in [1.807, 2.05) is 18.7 Å². The van der Waals surface area contributed by atoms with E-state index >= 15 is 0 Å². The maximum Gasteiger partial charge on any atom is 0.225 e. The molecule has 0 aliphatic rings. The molecule has 1 amide bonds. The number of thiazole rings is 1. The van der Waals surface area contributed by atoms with Crippen LogP contribution in [0.15, 0.2) is 0 Å². The Kier molecular flexibility index (Phi) is 6.96. The second-order valence-electron chi connectivity index (χ2n) is 4.19. The lowest BCUT2D eigenvalue weighted by Gasteiger charge is -2.13. The van der Waals surface area contributed by atoms with Gasteiger partial charge < -0.3 is 10.3 Å². The first-order valence-corrected chi connectivity index (χ1v) is 8.46. The second-order valence-corrected chi connectivity index (χ2v) is 7.36. The van der Waals surface area contributed by atoms with Crippen molar-refractivity contribution in [3.63, 3.8) is 0 Å². The van der Waals surface area contributed by atoms with Crippen molar-refractivity contribution < 1.29 is 4.79 Å². The fourth-order valence-corrected chi connectivity index (χ4v) is 3.65. The van der Waals surface area contributed by atoms with Gasteiger partial charge >= 0.3 is 0 Å². The maximum atomic E-state index is 11.9. The molecule has 1 atom stereocenters. The highest BCUT2D eigenvalue weighted by Crippen LogP contribution is 2.15. The summed E-state index contributed by atoms with van der Waals surface area (Å²) in [6, 6.07) is 0.240. The van der Waals surface area contributed by atoms with E-state index in [0.717, 1.165) is 32.5 Å². The molecule has 0 bridgehead atoms. The summed E-state index contributed by atoms with van der Waals surface area (Å²) in [5, 5.41) is 3.03. The van der Waals surface area contributed by atoms with Crippen LogP contribution in [-0.2, 0) is 11.2 Å². The third kappa shape index (κ3) is 5.54. The molecule has 1 aromatic heterocycles. The number of thioether (sulfide) groups is 1. The lowest BCUT2D eigenvalue weighted by molar-refractivity contribution is -0.121. The quantitative estimate of drug-likeness (QED) is 0.600. The van der Waals surface area contributed by atoms with Gasteiger partial charge in [-0.1, -0.05) is 6.92 Å². The number of carbonyl (C=O) groups is 1. The molecule has 102 valence electrons. The Bertz CT molecular complexity index is 439. The summed E-state index contributed by atoms with van der Waals surface area (Å²) in [6.45, 7) is 6.16. The van der Waals surface area contributed by atoms with Crippen LogP contribution in [0.5, 0.6) is 0 Å². The van der Waals surface area contributed by atoms with Crippen LogP contribution in [0.4, 0.5) is 0 Å². The fraction of sp³-hybridized carbons (Fsp3) is 0.667. The molecule has 1 unspecified atom stereocenters. The van der Waals surface area contributed by atoms with Crippen LogP contribution in [0.1, 0.15) is 30.8 Å². The van der Waals surface area contributed by atoms with E-state index in [0.29, 0.717) is 6.42 Å². The molecule has 0 saturated carbocycles. The van der Waals surface area contributed by atoms with Gasteiger partial charge in [0.25, 0.3) is 0 Å². The highest BCUT2D eigenvalue weighted by molar-refractivity contribution is 7.99. The number of aromatic amines is 1. The van der Waals surface area contributed by atoms with Crippen molar-refractivity contribution in [2.75, 3.05) is 11.5 Å². The molecule has 0 aliphatic carbocycles. The minimum absolute atomic E-state index is 0.0809. The van der Waals surface area contributed by atoms with E-state index in [4.69, 9.17) is 12.2 Å². The second kappa shape index (κ2) is 7.96. The molecule has 1 aromatic rings. The Morgan fingerprint density at radius 2 is 2.33 bits per heavy atom. The number of rotatable bonds is 7. The number of nitrogens with one attached hydrogen (secondary N) is 2. The molecule has 0 spiro atoms. The number of hydrogen-bond acceptors (Lipinski definition) is 4. The monoisotopic (exact) mass is 304 g/mol. The van der Waals surface area contributed by atoms with Crippen LogP contribution >= 0.6 is 35.3 Å². The van der Waals surface area contributed by atoms with Crippen LogP contribution in [-0.4, -0.2) is 28.4 Å². The van der Waals surface area contributed by atoms with Crippen LogP contribution in [0.2, 0.25) is 0 Å². The zero-order valence-corrected chi connectivity index (χ0v) is 13.5. The highest BCUT2D eigenvalue weighted by Gasteiger charge is 2.11. The molecule has 1 heterocycles. The highest BCUT2D eigenvalue weighted by atomic mass is 32.2. The van der Waals surface area contributed by atoms with Gasteiger partial charge in [-0.05, 0) is 44.0 Å². The molecular weight excluding hydrogens is 284 g/mol. The van der Waals surface area contributed by atoms with Crippen molar-refractivity contribution in [3.05, 3.63) is 14.5 Å². The molecule has 2 N–H and O–H groups in total. The van der Waals surface area contributed by atoms with Gasteiger partial charge in [-0.25, -0.2) is 0 Å². The topological polar surface area (TPSA) is 44.9 Å². The number of amides is 1. The van der Waals surface area contributed by atoms with Crippen LogP contribution < -0.4 is 5.32 Å². The average Bonchev–Trinajstić information content (AvgIpc) is 2.57. The molecule has 6 heteroatoms. The van der Waals surface area contributed by atoms with Gasteiger partial charge in [0.15, 0.2) is 3.95 Å². The van der Waals surface area contributed by atoms with Gasteiger partial charge in [-0.2, -0.15) is 11.8 Å². The smallest absolute Gasteiger partial charge is 0.225 e. The van der Waals surface area contributed by atoms with Gasteiger partial charge in [-0.3, -0.25) is 4.79 Å². The molecule has 0 fully saturated rings. The van der Waals surface area contributed by atoms with Crippen molar-refractivity contribution in [1.29, 1.82) is 0 Å². The third-order valence-electron chi connectivity index (χ3n) is 2.55. The number of H-pyrrole nitrogens is 1. The Morgan fingerprint density at radius 1 is 1.61 bits per heavy atom. The Morgan fingerprint density at radius 3 is 2.89 bits per heavy atom. The molecule has 0 saturated heterocycles. The van der Waals surface area contributed by atoms with Crippen LogP contribution in [0.25, 0.3) is 0 Å². The average molecular weight is 305 g/mol. The van der Waals surface area contributed by atoms with Crippen LogP contribution in [0.3, 0.4) is 0 Å². The number of aromatic nitrogens is 1. The molecule has 0 radical (unpaired) electrons. The molecular formula is C12H20N2OS3. The van der Waals surface area contributed by atoms with Crippen molar-refractivity contribution in [2.45, 2.75) is 39.7 Å². The summed E-state index contributed by atoms with van der Waals surface area (Å²) in [5.41, 5.74) is 1.01. The first-order chi connectivity index (χ1) is 8.52. The summed E-state index contributed by atoms with van der Waals surface area (Å²) in [7, 11) is 0. The summed E-state index contributed by atoms with van der Waals surface area (Å²) >= 11 is 8.45. The normalized spacial score (nSPS) is 12.4. The number of hydrogen-bond donors (Lipinski definition) is 2. The fourth-order valence-electron chi connectivity index (χ4n) is 1.55. The predicted octanol–water partition coefficient (Wildman–Crippen LogP) is 3.30. The van der Waals surface area contributed by atoms with E-state index in [1.54, 1.807) is 0 Å². The third-order valence-corrected chi connectivity index (χ3v) is 4.82. The van der Waals surface area contributed by atoms with Gasteiger partial charge in [-0.15, -0.1) is 11.3 Å². The first-order valence-electron chi connectivity index (χ1n) is 6.08. The van der Waals surface area contributed by atoms with Gasteiger partial charge in [0.2, 0.25) is 5.91 Å². The SMILES string of the molecule is CCSCCC(C)NC(=O)Cc1sc(=S)[nH]c1C. The molecule has 3 nitrogen and oxygen atoms in total. The summed E-state index contributed by atoms with van der Waals surface area (Å²) in [6.07, 6.45) is 1.45. The van der Waals surface area contributed by atoms with Gasteiger partial charge in [0.1, 0.15) is 0 Å². The van der Waals surface area contributed by atoms with Crippen molar-refractivity contribution >= 4 is 41.2 Å². The predicted molar refractivity (Wildman–Crippen MR) is 83.2 cm³/mol. The minimum atomic E-state index is 0.0809. The minimum Gasteiger partial charge on any atom is -0.353 e. The summed E-state index contributed by atoms with van der Waals surface area (Å²) < 4.78 is 0.739. The van der Waals surface area contributed by atoms with Crippen molar-refractivity contribution in [3.8, 4) is 0 Å². The zero-order chi connectivity index (χ0) is 13.5. The Hall–Kier alpha value is -0.330. The van der Waals surface area contributed by atoms with Gasteiger partial charge in [0, 0.05) is 16.6 Å². The van der Waals surface area contributed by atoms with E-state index < -0.39 is 0 Å². The molecule has 0 aliphatic heterocycles. The lowest BCUT2D eigenvalue weighted by Crippen LogP contribution is -2.34. The van der Waals surface area contributed by atoms with E-state index in [2.05, 4.69) is 24.1 Å². The molecule has 1 rings (SSSR count). The van der Waals surface area contributed by atoms with Crippen LogP contribution in [0, 0.1) is 10.9 Å². The first kappa shape index (κ1) is 15.7. The van der Waals surface area contributed by atoms with E-state index in [9.17, 15) is 4.79 Å². The van der Waals surface area contributed by atoms with Crippen molar-refractivity contribution in [1.82, 2.24) is 10.3 Å². The zero-order valence-electron chi connectivity index (χ0n) is 11.0. The Labute approximate surface area is 122 Å². The largest absolute Gasteiger partial charge is 0.353 e. The number of carbonyl (C=O) groups excluding carboxylic acids is 1. The van der Waals surface area contributed by atoms with Crippen molar-refractivity contribution in [2.24, 2.45) is 0 Å². The maximum absolute atomic E-state index is 11.9. The number of aryl methyl sites for hydroxylation is 1. The van der Waals surface area contributed by atoms with E-state index in [-0.39, 0.29) is 11.9 Å². The standard InChI is InChI=1S/C12H20N2OS3/c1-4-17-6-5-8(2)13-11(15)7-10-9(3)14-12(16)18-10/h8H,4-7H2,1-3H3,(H,13,15)(H,14,16). The summed E-state index contributed by atoms with van der Waals surface area (Å²) in [5.74, 6) is 2.31. The van der Waals surface area contributed by atoms with Gasteiger partial charge in [0.05, 0.1) is 6.42 Å². The lowest BCUT2D eigenvalue weighted by atomic mass is 10.2.